The highest BCUT2D eigenvalue weighted by Gasteiger charge is 2.26. The van der Waals surface area contributed by atoms with Crippen molar-refractivity contribution in [1.82, 2.24) is 14.7 Å². The second kappa shape index (κ2) is 6.50. The van der Waals surface area contributed by atoms with Crippen LogP contribution < -0.4 is 4.90 Å². The van der Waals surface area contributed by atoms with Crippen LogP contribution in [0.3, 0.4) is 0 Å². The number of carbonyl (C=O) groups excluding carboxylic acids is 1. The summed E-state index contributed by atoms with van der Waals surface area (Å²) in [6, 6.07) is 9.74. The van der Waals surface area contributed by atoms with E-state index in [-0.39, 0.29) is 5.91 Å². The Balaban J connectivity index is 1.58. The second-order valence-corrected chi connectivity index (χ2v) is 6.06. The molecule has 0 radical (unpaired) electrons. The Hall–Kier alpha value is -1.85. The van der Waals surface area contributed by atoms with Crippen LogP contribution in [-0.4, -0.2) is 46.8 Å². The number of piperazine rings is 1. The van der Waals surface area contributed by atoms with Gasteiger partial charge in [-0.2, -0.15) is 5.10 Å². The van der Waals surface area contributed by atoms with Crippen LogP contribution in [0.2, 0.25) is 5.02 Å². The molecule has 6 heteroatoms. The van der Waals surface area contributed by atoms with Crippen LogP contribution in [0.4, 0.5) is 0 Å². The van der Waals surface area contributed by atoms with E-state index in [1.807, 2.05) is 23.1 Å². The van der Waals surface area contributed by atoms with Gasteiger partial charge in [-0.25, -0.2) is 0 Å². The fraction of sp³-hybridized carbons (Fsp3) is 0.375. The van der Waals surface area contributed by atoms with E-state index in [2.05, 4.69) is 11.2 Å². The molecule has 0 spiro atoms. The first-order valence-corrected chi connectivity index (χ1v) is 7.87. The van der Waals surface area contributed by atoms with Crippen molar-refractivity contribution in [3.8, 4) is 0 Å². The summed E-state index contributed by atoms with van der Waals surface area (Å²) in [4.78, 5) is 15.8. The van der Waals surface area contributed by atoms with E-state index in [1.165, 1.54) is 10.5 Å². The van der Waals surface area contributed by atoms with Crippen molar-refractivity contribution in [2.75, 3.05) is 26.2 Å². The lowest BCUT2D eigenvalue weighted by Crippen LogP contribution is -3.13. The summed E-state index contributed by atoms with van der Waals surface area (Å²) in [5.41, 5.74) is 1.82. The average molecular weight is 320 g/mol. The highest BCUT2D eigenvalue weighted by Crippen LogP contribution is 2.13. The third-order valence-electron chi connectivity index (χ3n) is 4.20. The predicted molar refractivity (Wildman–Crippen MR) is 85.0 cm³/mol. The Kier molecular flexibility index (Phi) is 4.45. The van der Waals surface area contributed by atoms with Crippen molar-refractivity contribution in [2.24, 2.45) is 7.05 Å². The first kappa shape index (κ1) is 15.1. The van der Waals surface area contributed by atoms with E-state index in [4.69, 9.17) is 11.6 Å². The molecule has 1 N–H and O–H groups in total. The maximum Gasteiger partial charge on any atom is 0.272 e. The van der Waals surface area contributed by atoms with Gasteiger partial charge < -0.3 is 9.80 Å². The number of hydrogen-bond acceptors (Lipinski definition) is 2. The Morgan fingerprint density at radius 2 is 2.00 bits per heavy atom. The molecule has 116 valence electrons. The van der Waals surface area contributed by atoms with E-state index in [9.17, 15) is 4.79 Å². The fourth-order valence-electron chi connectivity index (χ4n) is 2.86. The monoisotopic (exact) mass is 319 g/mol. The molecular weight excluding hydrogens is 300 g/mol. The van der Waals surface area contributed by atoms with E-state index in [1.54, 1.807) is 24.0 Å². The van der Waals surface area contributed by atoms with Gasteiger partial charge in [-0.15, -0.1) is 0 Å². The lowest BCUT2D eigenvalue weighted by molar-refractivity contribution is -0.917. The molecule has 0 bridgehead atoms. The molecule has 1 aliphatic heterocycles. The molecule has 2 aromatic rings. The number of aryl methyl sites for hydroxylation is 1. The third kappa shape index (κ3) is 3.15. The smallest absolute Gasteiger partial charge is 0.272 e. The Bertz CT molecular complexity index is 662. The van der Waals surface area contributed by atoms with E-state index < -0.39 is 0 Å². The molecule has 0 saturated carbocycles. The van der Waals surface area contributed by atoms with Crippen molar-refractivity contribution in [3.63, 3.8) is 0 Å². The SMILES string of the molecule is Cn1nccc1C(=O)N1CC[NH+](Cc2ccccc2Cl)CC1. The van der Waals surface area contributed by atoms with Crippen LogP contribution in [0.15, 0.2) is 36.5 Å². The molecule has 1 aromatic heterocycles. The number of hydrogen-bond donors (Lipinski definition) is 1. The van der Waals surface area contributed by atoms with Gasteiger partial charge in [0.25, 0.3) is 5.91 Å². The van der Waals surface area contributed by atoms with Gasteiger partial charge in [0.15, 0.2) is 0 Å². The number of aromatic nitrogens is 2. The van der Waals surface area contributed by atoms with Crippen LogP contribution in [0.25, 0.3) is 0 Å². The molecule has 0 atom stereocenters. The predicted octanol–water partition coefficient (Wildman–Crippen LogP) is 0.614. The number of quaternary nitrogens is 1. The van der Waals surface area contributed by atoms with Gasteiger partial charge in [0, 0.05) is 23.8 Å². The summed E-state index contributed by atoms with van der Waals surface area (Å²) in [7, 11) is 1.80. The first-order chi connectivity index (χ1) is 10.6. The van der Waals surface area contributed by atoms with Gasteiger partial charge in [-0.05, 0) is 12.1 Å². The molecular formula is C16H20ClN4O+. The minimum atomic E-state index is 0.0665. The standard InChI is InChI=1S/C16H19ClN4O/c1-19-15(6-7-18-19)16(22)21-10-8-20(9-11-21)12-13-4-2-3-5-14(13)17/h2-7H,8-12H2,1H3/p+1. The third-order valence-corrected chi connectivity index (χ3v) is 4.56. The van der Waals surface area contributed by atoms with E-state index >= 15 is 0 Å². The van der Waals surface area contributed by atoms with E-state index in [0.29, 0.717) is 5.69 Å². The molecule has 5 nitrogen and oxygen atoms in total. The van der Waals surface area contributed by atoms with Crippen LogP contribution in [0.5, 0.6) is 0 Å². The Morgan fingerprint density at radius 3 is 2.64 bits per heavy atom. The number of nitrogens with zero attached hydrogens (tertiary/aromatic N) is 3. The van der Waals surface area contributed by atoms with Crippen LogP contribution >= 0.6 is 11.6 Å². The summed E-state index contributed by atoms with van der Waals surface area (Å²) >= 11 is 6.22. The zero-order valence-corrected chi connectivity index (χ0v) is 13.4. The average Bonchev–Trinajstić information content (AvgIpc) is 2.96. The van der Waals surface area contributed by atoms with Crippen molar-refractivity contribution in [1.29, 1.82) is 0 Å². The lowest BCUT2D eigenvalue weighted by atomic mass is 10.2. The van der Waals surface area contributed by atoms with Crippen molar-refractivity contribution < 1.29 is 9.69 Å². The molecule has 1 saturated heterocycles. The highest BCUT2D eigenvalue weighted by molar-refractivity contribution is 6.31. The quantitative estimate of drug-likeness (QED) is 0.901. The van der Waals surface area contributed by atoms with Gasteiger partial charge in [0.05, 0.1) is 26.2 Å². The molecule has 2 heterocycles. The summed E-state index contributed by atoms with van der Waals surface area (Å²) in [6.45, 7) is 4.32. The molecule has 0 unspecified atom stereocenters. The molecule has 22 heavy (non-hydrogen) atoms. The van der Waals surface area contributed by atoms with Gasteiger partial charge in [0.1, 0.15) is 12.2 Å². The number of halogens is 1. The van der Waals surface area contributed by atoms with E-state index in [0.717, 1.165) is 37.7 Å². The molecule has 1 aromatic carbocycles. The number of carbonyl (C=O) groups is 1. The van der Waals surface area contributed by atoms with Crippen molar-refractivity contribution >= 4 is 17.5 Å². The topological polar surface area (TPSA) is 42.6 Å². The van der Waals surface area contributed by atoms with Crippen LogP contribution in [-0.2, 0) is 13.6 Å². The molecule has 1 fully saturated rings. The van der Waals surface area contributed by atoms with Gasteiger partial charge in [-0.3, -0.25) is 9.48 Å². The Morgan fingerprint density at radius 1 is 1.27 bits per heavy atom. The minimum Gasteiger partial charge on any atom is -0.328 e. The Labute approximate surface area is 135 Å². The maximum atomic E-state index is 12.4. The number of amides is 1. The molecule has 1 amide bonds. The molecule has 1 aliphatic rings. The zero-order valence-electron chi connectivity index (χ0n) is 12.6. The number of benzene rings is 1. The summed E-state index contributed by atoms with van der Waals surface area (Å²) < 4.78 is 1.63. The van der Waals surface area contributed by atoms with Crippen LogP contribution in [0.1, 0.15) is 16.1 Å². The van der Waals surface area contributed by atoms with Gasteiger partial charge in [0.2, 0.25) is 0 Å². The fourth-order valence-corrected chi connectivity index (χ4v) is 3.06. The first-order valence-electron chi connectivity index (χ1n) is 7.49. The van der Waals surface area contributed by atoms with Gasteiger partial charge >= 0.3 is 0 Å². The second-order valence-electron chi connectivity index (χ2n) is 5.65. The maximum absolute atomic E-state index is 12.4. The van der Waals surface area contributed by atoms with Crippen molar-refractivity contribution in [3.05, 3.63) is 52.8 Å². The number of rotatable bonds is 3. The number of nitrogens with one attached hydrogen (secondary N) is 1. The summed E-state index contributed by atoms with van der Waals surface area (Å²) in [5, 5.41) is 4.88. The largest absolute Gasteiger partial charge is 0.328 e. The zero-order chi connectivity index (χ0) is 15.5. The highest BCUT2D eigenvalue weighted by atomic mass is 35.5. The lowest BCUT2D eigenvalue weighted by Gasteiger charge is -2.32. The molecule has 0 aliphatic carbocycles. The summed E-state index contributed by atoms with van der Waals surface area (Å²) in [6.07, 6.45) is 1.66. The molecule has 3 rings (SSSR count). The van der Waals surface area contributed by atoms with Crippen LogP contribution in [0, 0.1) is 0 Å². The van der Waals surface area contributed by atoms with Crippen molar-refractivity contribution in [2.45, 2.75) is 6.54 Å². The normalized spacial score (nSPS) is 16.0. The minimum absolute atomic E-state index is 0.0665. The van der Waals surface area contributed by atoms with Gasteiger partial charge in [-0.1, -0.05) is 29.8 Å². The summed E-state index contributed by atoms with van der Waals surface area (Å²) in [5.74, 6) is 0.0665.